The van der Waals surface area contributed by atoms with Gasteiger partial charge in [0.25, 0.3) is 0 Å². The number of urea groups is 1. The number of rotatable bonds is 4. The van der Waals surface area contributed by atoms with Crippen LogP contribution in [0.4, 0.5) is 16.4 Å². The minimum absolute atomic E-state index is 0.177. The summed E-state index contributed by atoms with van der Waals surface area (Å²) in [5, 5.41) is 5.62. The Bertz CT molecular complexity index is 466. The molecule has 0 aliphatic heterocycles. The van der Waals surface area contributed by atoms with Gasteiger partial charge < -0.3 is 22.1 Å². The highest BCUT2D eigenvalue weighted by Crippen LogP contribution is 2.24. The highest BCUT2D eigenvalue weighted by Gasteiger charge is 2.20. The summed E-state index contributed by atoms with van der Waals surface area (Å²) in [4.78, 5) is 19.3. The lowest BCUT2D eigenvalue weighted by Gasteiger charge is -2.19. The molecule has 1 rings (SSSR count). The zero-order valence-corrected chi connectivity index (χ0v) is 11.9. The first kappa shape index (κ1) is 15.0. The fourth-order valence-corrected chi connectivity index (χ4v) is 1.41. The number of nitrogen functional groups attached to an aromatic ring is 1. The summed E-state index contributed by atoms with van der Waals surface area (Å²) in [5.74, 6) is 1.83. The normalized spacial score (nSPS) is 11.2. The molecule has 1 aromatic rings. The standard InChI is InChI=1S/C12H22N6O/c1-7-8(13)17-10(12(2,3)4)18-9(7)15-5-6-16-11(14)19/h5-6H2,1-4H3,(H3,14,16,19)(H3,13,15,17,18). The molecule has 0 unspecified atom stereocenters. The van der Waals surface area contributed by atoms with Gasteiger partial charge in [0, 0.05) is 24.1 Å². The van der Waals surface area contributed by atoms with Crippen LogP contribution in [0.15, 0.2) is 0 Å². The maximum absolute atomic E-state index is 10.6. The Morgan fingerprint density at radius 2 is 1.89 bits per heavy atom. The van der Waals surface area contributed by atoms with Gasteiger partial charge in [-0.25, -0.2) is 14.8 Å². The van der Waals surface area contributed by atoms with Gasteiger partial charge >= 0.3 is 6.03 Å². The smallest absolute Gasteiger partial charge is 0.312 e. The van der Waals surface area contributed by atoms with Crippen molar-refractivity contribution >= 4 is 17.7 Å². The molecule has 0 aliphatic carbocycles. The first-order valence-corrected chi connectivity index (χ1v) is 6.13. The van der Waals surface area contributed by atoms with Gasteiger partial charge in [-0.15, -0.1) is 0 Å². The number of hydrogen-bond donors (Lipinski definition) is 4. The van der Waals surface area contributed by atoms with E-state index in [4.69, 9.17) is 11.5 Å². The summed E-state index contributed by atoms with van der Waals surface area (Å²) in [6.45, 7) is 8.86. The van der Waals surface area contributed by atoms with Crippen molar-refractivity contribution in [3.05, 3.63) is 11.4 Å². The quantitative estimate of drug-likeness (QED) is 0.599. The molecule has 0 bridgehead atoms. The summed E-state index contributed by atoms with van der Waals surface area (Å²) in [7, 11) is 0. The van der Waals surface area contributed by atoms with E-state index in [0.29, 0.717) is 30.5 Å². The molecule has 7 nitrogen and oxygen atoms in total. The molecular formula is C12H22N6O. The molecular weight excluding hydrogens is 244 g/mol. The van der Waals surface area contributed by atoms with Gasteiger partial charge in [0.1, 0.15) is 17.5 Å². The number of carbonyl (C=O) groups is 1. The molecule has 1 heterocycles. The van der Waals surface area contributed by atoms with Crippen LogP contribution in [0, 0.1) is 6.92 Å². The summed E-state index contributed by atoms with van der Waals surface area (Å²) in [6, 6.07) is -0.545. The van der Waals surface area contributed by atoms with Crippen LogP contribution in [0.3, 0.4) is 0 Å². The highest BCUT2D eigenvalue weighted by atomic mass is 16.2. The second-order valence-electron chi connectivity index (χ2n) is 5.37. The van der Waals surface area contributed by atoms with Crippen molar-refractivity contribution < 1.29 is 4.79 Å². The van der Waals surface area contributed by atoms with E-state index in [0.717, 1.165) is 5.56 Å². The van der Waals surface area contributed by atoms with Crippen molar-refractivity contribution in [1.29, 1.82) is 0 Å². The van der Waals surface area contributed by atoms with E-state index in [2.05, 4.69) is 20.6 Å². The van der Waals surface area contributed by atoms with Crippen molar-refractivity contribution in [2.75, 3.05) is 24.1 Å². The largest absolute Gasteiger partial charge is 0.383 e. The zero-order valence-electron chi connectivity index (χ0n) is 11.9. The minimum atomic E-state index is -0.545. The SMILES string of the molecule is Cc1c(N)nc(C(C)(C)C)nc1NCCNC(N)=O. The summed E-state index contributed by atoms with van der Waals surface area (Å²) >= 11 is 0. The average molecular weight is 266 g/mol. The number of carbonyl (C=O) groups excluding carboxylic acids is 1. The second kappa shape index (κ2) is 5.73. The molecule has 19 heavy (non-hydrogen) atoms. The van der Waals surface area contributed by atoms with Crippen LogP contribution in [0.2, 0.25) is 0 Å². The van der Waals surface area contributed by atoms with Gasteiger partial charge in [-0.05, 0) is 6.92 Å². The van der Waals surface area contributed by atoms with Crippen molar-refractivity contribution in [3.63, 3.8) is 0 Å². The van der Waals surface area contributed by atoms with Gasteiger partial charge in [-0.2, -0.15) is 0 Å². The maximum Gasteiger partial charge on any atom is 0.312 e. The van der Waals surface area contributed by atoms with Gasteiger partial charge in [-0.1, -0.05) is 20.8 Å². The number of anilines is 2. The summed E-state index contributed by atoms with van der Waals surface area (Å²) < 4.78 is 0. The lowest BCUT2D eigenvalue weighted by Crippen LogP contribution is -2.33. The highest BCUT2D eigenvalue weighted by molar-refractivity contribution is 5.71. The molecule has 0 aromatic carbocycles. The fraction of sp³-hybridized carbons (Fsp3) is 0.583. The Kier molecular flexibility index (Phi) is 4.52. The third-order valence-electron chi connectivity index (χ3n) is 2.57. The molecule has 7 heteroatoms. The molecule has 2 amide bonds. The summed E-state index contributed by atoms with van der Waals surface area (Å²) in [5.41, 5.74) is 11.5. The topological polar surface area (TPSA) is 119 Å². The van der Waals surface area contributed by atoms with Crippen LogP contribution < -0.4 is 22.1 Å². The van der Waals surface area contributed by atoms with Crippen LogP contribution in [0.25, 0.3) is 0 Å². The van der Waals surface area contributed by atoms with E-state index in [1.54, 1.807) is 0 Å². The zero-order chi connectivity index (χ0) is 14.6. The van der Waals surface area contributed by atoms with E-state index in [9.17, 15) is 4.79 Å². The van der Waals surface area contributed by atoms with Crippen LogP contribution in [0.5, 0.6) is 0 Å². The number of primary amides is 1. The van der Waals surface area contributed by atoms with E-state index in [1.807, 2.05) is 27.7 Å². The number of amides is 2. The van der Waals surface area contributed by atoms with E-state index < -0.39 is 6.03 Å². The molecule has 1 aromatic heterocycles. The predicted octanol–water partition coefficient (Wildman–Crippen LogP) is 0.745. The van der Waals surface area contributed by atoms with E-state index in [1.165, 1.54) is 0 Å². The molecule has 0 saturated heterocycles. The van der Waals surface area contributed by atoms with E-state index in [-0.39, 0.29) is 5.41 Å². The Morgan fingerprint density at radius 1 is 1.26 bits per heavy atom. The van der Waals surface area contributed by atoms with Gasteiger partial charge in [0.15, 0.2) is 0 Å². The van der Waals surface area contributed by atoms with Gasteiger partial charge in [0.05, 0.1) is 0 Å². The lowest BCUT2D eigenvalue weighted by molar-refractivity contribution is 0.249. The van der Waals surface area contributed by atoms with Gasteiger partial charge in [-0.3, -0.25) is 0 Å². The summed E-state index contributed by atoms with van der Waals surface area (Å²) in [6.07, 6.45) is 0. The number of aromatic nitrogens is 2. The molecule has 0 spiro atoms. The molecule has 0 atom stereocenters. The number of hydrogen-bond acceptors (Lipinski definition) is 5. The van der Waals surface area contributed by atoms with Crippen molar-refractivity contribution in [1.82, 2.24) is 15.3 Å². The monoisotopic (exact) mass is 266 g/mol. The number of nitrogens with zero attached hydrogens (tertiary/aromatic N) is 2. The van der Waals surface area contributed by atoms with Gasteiger partial charge in [0.2, 0.25) is 0 Å². The van der Waals surface area contributed by atoms with Crippen LogP contribution in [-0.4, -0.2) is 29.1 Å². The number of nitrogens with one attached hydrogen (secondary N) is 2. The third-order valence-corrected chi connectivity index (χ3v) is 2.57. The Morgan fingerprint density at radius 3 is 2.42 bits per heavy atom. The van der Waals surface area contributed by atoms with E-state index >= 15 is 0 Å². The van der Waals surface area contributed by atoms with Crippen LogP contribution >= 0.6 is 0 Å². The average Bonchev–Trinajstić information content (AvgIpc) is 2.27. The first-order valence-electron chi connectivity index (χ1n) is 6.13. The third kappa shape index (κ3) is 4.27. The van der Waals surface area contributed by atoms with Crippen molar-refractivity contribution in [2.24, 2.45) is 5.73 Å². The predicted molar refractivity (Wildman–Crippen MR) is 76.0 cm³/mol. The molecule has 6 N–H and O–H groups in total. The molecule has 106 valence electrons. The van der Waals surface area contributed by atoms with Crippen LogP contribution in [-0.2, 0) is 5.41 Å². The van der Waals surface area contributed by atoms with Crippen molar-refractivity contribution in [3.8, 4) is 0 Å². The second-order valence-corrected chi connectivity index (χ2v) is 5.37. The molecule has 0 aliphatic rings. The maximum atomic E-state index is 10.6. The Hall–Kier alpha value is -2.05. The molecule has 0 fully saturated rings. The Labute approximate surface area is 113 Å². The Balaban J connectivity index is 2.82. The molecule has 0 saturated carbocycles. The first-order chi connectivity index (χ1) is 8.71. The van der Waals surface area contributed by atoms with Crippen LogP contribution in [0.1, 0.15) is 32.2 Å². The number of nitrogens with two attached hydrogens (primary N) is 2. The van der Waals surface area contributed by atoms with Crippen molar-refractivity contribution in [2.45, 2.75) is 33.1 Å². The molecule has 0 radical (unpaired) electrons. The lowest BCUT2D eigenvalue weighted by atomic mass is 9.95. The fourth-order valence-electron chi connectivity index (χ4n) is 1.41. The minimum Gasteiger partial charge on any atom is -0.383 e.